The average molecular weight is 538 g/mol. The summed E-state index contributed by atoms with van der Waals surface area (Å²) in [5, 5.41) is 12.2. The maximum atomic E-state index is 13.2. The van der Waals surface area contributed by atoms with Crippen LogP contribution in [0.4, 0.5) is 0 Å². The van der Waals surface area contributed by atoms with Gasteiger partial charge in [0.2, 0.25) is 6.79 Å². The van der Waals surface area contributed by atoms with E-state index in [9.17, 15) is 14.7 Å². The highest BCUT2D eigenvalue weighted by Gasteiger charge is 2.35. The lowest BCUT2D eigenvalue weighted by Crippen LogP contribution is -3.00. The van der Waals surface area contributed by atoms with Crippen LogP contribution in [0, 0.1) is 5.92 Å². The Morgan fingerprint density at radius 3 is 2.34 bits per heavy atom. The number of hydrogen-bond acceptors (Lipinski definition) is 7. The molecule has 0 spiro atoms. The molecule has 1 fully saturated rings. The highest BCUT2D eigenvalue weighted by Crippen LogP contribution is 2.33. The largest absolute Gasteiger partial charge is 1.00 e. The number of imide groups is 1. The molecule has 0 bridgehead atoms. The number of hydrogen-bond donors (Lipinski definition) is 1. The van der Waals surface area contributed by atoms with E-state index in [2.05, 4.69) is 4.90 Å². The van der Waals surface area contributed by atoms with Gasteiger partial charge in [0.1, 0.15) is 0 Å². The van der Waals surface area contributed by atoms with Crippen molar-refractivity contribution in [1.29, 1.82) is 0 Å². The van der Waals surface area contributed by atoms with E-state index in [1.165, 1.54) is 4.90 Å². The number of halogens is 1. The molecular weight excluding hydrogens is 508 g/mol. The molecular formula is C29H30ClN2O6-. The zero-order valence-electron chi connectivity index (χ0n) is 21.0. The van der Waals surface area contributed by atoms with Gasteiger partial charge in [0.05, 0.1) is 19.3 Å². The van der Waals surface area contributed by atoms with E-state index in [0.29, 0.717) is 30.8 Å². The smallest absolute Gasteiger partial charge is 0.261 e. The average Bonchev–Trinajstić information content (AvgIpc) is 3.39. The summed E-state index contributed by atoms with van der Waals surface area (Å²) in [4.78, 5) is 30.0. The second kappa shape index (κ2) is 11.3. The first-order valence-corrected chi connectivity index (χ1v) is 12.8. The topological polar surface area (TPSA) is 88.5 Å². The van der Waals surface area contributed by atoms with Crippen LogP contribution in [0.5, 0.6) is 11.5 Å². The Bertz CT molecular complexity index is 1290. The Morgan fingerprint density at radius 1 is 0.947 bits per heavy atom. The first kappa shape index (κ1) is 26.4. The highest BCUT2D eigenvalue weighted by molar-refractivity contribution is 6.25. The van der Waals surface area contributed by atoms with E-state index in [4.69, 9.17) is 14.2 Å². The van der Waals surface area contributed by atoms with Gasteiger partial charge in [0.15, 0.2) is 11.5 Å². The molecule has 0 saturated carbocycles. The summed E-state index contributed by atoms with van der Waals surface area (Å²) in [6, 6.07) is 16.9. The maximum absolute atomic E-state index is 13.2. The van der Waals surface area contributed by atoms with Gasteiger partial charge in [-0.15, -0.1) is 0 Å². The maximum Gasteiger partial charge on any atom is 0.261 e. The molecule has 9 heteroatoms. The van der Waals surface area contributed by atoms with Crippen LogP contribution in [0.1, 0.15) is 39.1 Å². The van der Waals surface area contributed by atoms with Gasteiger partial charge in [0, 0.05) is 29.6 Å². The summed E-state index contributed by atoms with van der Waals surface area (Å²) in [6.45, 7) is 3.46. The molecule has 3 aromatic carbocycles. The van der Waals surface area contributed by atoms with Crippen LogP contribution < -0.4 is 21.9 Å². The predicted octanol–water partition coefficient (Wildman–Crippen LogP) is 0.458. The number of amides is 2. The van der Waals surface area contributed by atoms with Gasteiger partial charge in [-0.3, -0.25) is 14.5 Å². The molecule has 3 aliphatic heterocycles. The summed E-state index contributed by atoms with van der Waals surface area (Å²) >= 11 is 0. The van der Waals surface area contributed by atoms with Crippen molar-refractivity contribution in [3.05, 3.63) is 71.3 Å². The third kappa shape index (κ3) is 5.22. The SMILES string of the molecule is O=C1c2cccc3cccc(c23)C(=O)N1CC1CCN(CC(O)COCc2ccc3c(c2)OCO3)CC1.[Cl-]. The van der Waals surface area contributed by atoms with Crippen molar-refractivity contribution >= 4 is 22.6 Å². The minimum Gasteiger partial charge on any atom is -1.00 e. The van der Waals surface area contributed by atoms with Crippen molar-refractivity contribution in [2.45, 2.75) is 25.6 Å². The summed E-state index contributed by atoms with van der Waals surface area (Å²) in [5.74, 6) is 1.30. The molecule has 8 nitrogen and oxygen atoms in total. The number of nitrogens with zero attached hydrogens (tertiary/aromatic N) is 2. The quantitative estimate of drug-likeness (QED) is 0.418. The molecule has 2 amide bonds. The fourth-order valence-electron chi connectivity index (χ4n) is 5.55. The van der Waals surface area contributed by atoms with E-state index in [1.54, 1.807) is 0 Å². The van der Waals surface area contributed by atoms with Crippen LogP contribution in [0.3, 0.4) is 0 Å². The lowest BCUT2D eigenvalue weighted by Gasteiger charge is -2.36. The summed E-state index contributed by atoms with van der Waals surface area (Å²) in [6.07, 6.45) is 1.15. The van der Waals surface area contributed by atoms with E-state index in [-0.39, 0.29) is 43.5 Å². The molecule has 0 radical (unpaired) electrons. The lowest BCUT2D eigenvalue weighted by molar-refractivity contribution is -0.0000637. The van der Waals surface area contributed by atoms with Crippen LogP contribution in [-0.2, 0) is 11.3 Å². The van der Waals surface area contributed by atoms with E-state index < -0.39 is 6.10 Å². The molecule has 0 aliphatic carbocycles. The minimum atomic E-state index is -0.590. The van der Waals surface area contributed by atoms with Crippen molar-refractivity contribution in [3.63, 3.8) is 0 Å². The van der Waals surface area contributed by atoms with Crippen molar-refractivity contribution in [2.24, 2.45) is 5.92 Å². The van der Waals surface area contributed by atoms with Gasteiger partial charge in [-0.25, -0.2) is 0 Å². The fourth-order valence-corrected chi connectivity index (χ4v) is 5.55. The number of fused-ring (bicyclic) bond motifs is 1. The van der Waals surface area contributed by atoms with Gasteiger partial charge in [-0.05, 0) is 67.1 Å². The van der Waals surface area contributed by atoms with Crippen LogP contribution in [0.25, 0.3) is 10.8 Å². The monoisotopic (exact) mass is 537 g/mol. The number of β-amino-alcohol motifs (C(OH)–C–C–N with tert-alkyl or cyclic N) is 1. The third-order valence-electron chi connectivity index (χ3n) is 7.49. The number of ether oxygens (including phenoxy) is 3. The van der Waals surface area contributed by atoms with Gasteiger partial charge < -0.3 is 36.6 Å². The summed E-state index contributed by atoms with van der Waals surface area (Å²) < 4.78 is 16.4. The Balaban J connectivity index is 0.00000294. The number of benzene rings is 3. The lowest BCUT2D eigenvalue weighted by atomic mass is 9.91. The van der Waals surface area contributed by atoms with Gasteiger partial charge in [-0.2, -0.15) is 0 Å². The molecule has 6 rings (SSSR count). The molecule has 200 valence electrons. The fraction of sp³-hybridized carbons (Fsp3) is 0.379. The van der Waals surface area contributed by atoms with E-state index >= 15 is 0 Å². The number of likely N-dealkylation sites (tertiary alicyclic amines) is 1. The second-order valence-corrected chi connectivity index (χ2v) is 10.0. The molecule has 1 atom stereocenters. The first-order valence-electron chi connectivity index (χ1n) is 12.8. The van der Waals surface area contributed by atoms with Crippen LogP contribution in [-0.4, -0.2) is 72.4 Å². The standard InChI is InChI=1S/C29H30N2O6.ClH/c32-22(17-35-16-20-7-8-25-26(13-20)37-18-36-25)15-30-11-9-19(10-12-30)14-31-28(33)23-5-1-3-21-4-2-6-24(27(21)23)29(31)34;/h1-8,13,19,22,32H,9-12,14-18H2;1H/p-1. The Morgan fingerprint density at radius 2 is 1.63 bits per heavy atom. The predicted molar refractivity (Wildman–Crippen MR) is 137 cm³/mol. The van der Waals surface area contributed by atoms with Gasteiger partial charge in [-0.1, -0.05) is 30.3 Å². The molecule has 1 saturated heterocycles. The number of aliphatic hydroxyl groups is 1. The molecule has 0 aromatic heterocycles. The minimum absolute atomic E-state index is 0. The Labute approximate surface area is 227 Å². The molecule has 3 heterocycles. The summed E-state index contributed by atoms with van der Waals surface area (Å²) in [5.41, 5.74) is 2.18. The molecule has 3 aromatic rings. The number of carbonyl (C=O) groups excluding carboxylic acids is 2. The van der Waals surface area contributed by atoms with Crippen LogP contribution in [0.2, 0.25) is 0 Å². The number of rotatable bonds is 8. The number of piperidine rings is 1. The summed E-state index contributed by atoms with van der Waals surface area (Å²) in [7, 11) is 0. The van der Waals surface area contributed by atoms with Crippen molar-refractivity contribution in [2.75, 3.05) is 39.6 Å². The van der Waals surface area contributed by atoms with E-state index in [0.717, 1.165) is 53.8 Å². The molecule has 38 heavy (non-hydrogen) atoms. The third-order valence-corrected chi connectivity index (χ3v) is 7.49. The Hall–Kier alpha value is -3.17. The normalized spacial score (nSPS) is 18.1. The van der Waals surface area contributed by atoms with Crippen molar-refractivity contribution in [1.82, 2.24) is 9.80 Å². The molecule has 1 N–H and O–H groups in total. The van der Waals surface area contributed by atoms with Crippen LogP contribution >= 0.6 is 0 Å². The van der Waals surface area contributed by atoms with Gasteiger partial charge in [0.25, 0.3) is 11.8 Å². The molecule has 3 aliphatic rings. The van der Waals surface area contributed by atoms with E-state index in [1.807, 2.05) is 54.6 Å². The number of carbonyl (C=O) groups is 2. The number of aliphatic hydroxyl groups excluding tert-OH is 1. The Kier molecular flexibility index (Phi) is 7.85. The van der Waals surface area contributed by atoms with Gasteiger partial charge >= 0.3 is 0 Å². The highest BCUT2D eigenvalue weighted by atomic mass is 35.5. The zero-order chi connectivity index (χ0) is 25.4. The van der Waals surface area contributed by atoms with Crippen LogP contribution in [0.15, 0.2) is 54.6 Å². The van der Waals surface area contributed by atoms with Crippen molar-refractivity contribution < 1.29 is 41.3 Å². The second-order valence-electron chi connectivity index (χ2n) is 10.0. The first-order chi connectivity index (χ1) is 18.1. The zero-order valence-corrected chi connectivity index (χ0v) is 21.7. The molecule has 1 unspecified atom stereocenters. The van der Waals surface area contributed by atoms with Crippen molar-refractivity contribution in [3.8, 4) is 11.5 Å².